The van der Waals surface area contributed by atoms with Gasteiger partial charge in [-0.2, -0.15) is 0 Å². The summed E-state index contributed by atoms with van der Waals surface area (Å²) < 4.78 is 1.42. The SMILES string of the molecule is O=C(O)CCCCNC(=O)Cn1ccnn1. The first-order valence-electron chi connectivity index (χ1n) is 5.01. The van der Waals surface area contributed by atoms with Crippen LogP contribution >= 0.6 is 0 Å². The fourth-order valence-electron chi connectivity index (χ4n) is 1.15. The van der Waals surface area contributed by atoms with E-state index in [1.807, 2.05) is 0 Å². The summed E-state index contributed by atoms with van der Waals surface area (Å²) >= 11 is 0. The molecule has 1 aromatic rings. The van der Waals surface area contributed by atoms with Crippen LogP contribution in [0.2, 0.25) is 0 Å². The molecule has 1 heterocycles. The molecule has 7 heteroatoms. The lowest BCUT2D eigenvalue weighted by Gasteiger charge is -2.03. The number of aliphatic carboxylic acids is 1. The second-order valence-corrected chi connectivity index (χ2v) is 3.30. The number of amides is 1. The maximum atomic E-state index is 11.3. The van der Waals surface area contributed by atoms with E-state index in [1.165, 1.54) is 10.9 Å². The van der Waals surface area contributed by atoms with E-state index in [9.17, 15) is 9.59 Å². The molecule has 0 unspecified atom stereocenters. The Morgan fingerprint density at radius 3 is 2.81 bits per heavy atom. The highest BCUT2D eigenvalue weighted by atomic mass is 16.4. The van der Waals surface area contributed by atoms with Gasteiger partial charge in [0.05, 0.1) is 6.20 Å². The van der Waals surface area contributed by atoms with Gasteiger partial charge in [-0.1, -0.05) is 5.21 Å². The van der Waals surface area contributed by atoms with Crippen molar-refractivity contribution in [1.29, 1.82) is 0 Å². The Morgan fingerprint density at radius 2 is 2.19 bits per heavy atom. The van der Waals surface area contributed by atoms with Gasteiger partial charge in [-0.15, -0.1) is 5.10 Å². The number of nitrogens with zero attached hydrogens (tertiary/aromatic N) is 3. The molecule has 0 aromatic carbocycles. The van der Waals surface area contributed by atoms with Crippen LogP contribution in [0.3, 0.4) is 0 Å². The number of carboxylic acid groups (broad SMARTS) is 1. The highest BCUT2D eigenvalue weighted by molar-refractivity contribution is 5.75. The van der Waals surface area contributed by atoms with Crippen molar-refractivity contribution in [3.8, 4) is 0 Å². The summed E-state index contributed by atoms with van der Waals surface area (Å²) in [6.45, 7) is 0.625. The molecule has 0 radical (unpaired) electrons. The zero-order chi connectivity index (χ0) is 11.8. The van der Waals surface area contributed by atoms with Crippen LogP contribution in [0.1, 0.15) is 19.3 Å². The number of hydrogen-bond donors (Lipinski definition) is 2. The Morgan fingerprint density at radius 1 is 1.38 bits per heavy atom. The van der Waals surface area contributed by atoms with Crippen molar-refractivity contribution in [1.82, 2.24) is 20.3 Å². The van der Waals surface area contributed by atoms with E-state index in [-0.39, 0.29) is 18.9 Å². The highest BCUT2D eigenvalue weighted by Crippen LogP contribution is 1.93. The number of carbonyl (C=O) groups excluding carboxylic acids is 1. The molecule has 1 amide bonds. The van der Waals surface area contributed by atoms with E-state index < -0.39 is 5.97 Å². The zero-order valence-electron chi connectivity index (χ0n) is 8.80. The van der Waals surface area contributed by atoms with E-state index in [2.05, 4.69) is 15.6 Å². The Balaban J connectivity index is 2.05. The van der Waals surface area contributed by atoms with Crippen LogP contribution < -0.4 is 5.32 Å². The molecule has 0 aliphatic rings. The van der Waals surface area contributed by atoms with Gasteiger partial charge < -0.3 is 10.4 Å². The molecule has 0 saturated carbocycles. The summed E-state index contributed by atoms with van der Waals surface area (Å²) in [5, 5.41) is 18.3. The third-order valence-electron chi connectivity index (χ3n) is 1.92. The lowest BCUT2D eigenvalue weighted by molar-refractivity contribution is -0.137. The van der Waals surface area contributed by atoms with Crippen molar-refractivity contribution in [2.45, 2.75) is 25.8 Å². The summed E-state index contributed by atoms with van der Waals surface area (Å²) in [5.41, 5.74) is 0. The van der Waals surface area contributed by atoms with Crippen LogP contribution in [0.5, 0.6) is 0 Å². The number of carboxylic acids is 1. The average Bonchev–Trinajstić information content (AvgIpc) is 2.69. The summed E-state index contributed by atoms with van der Waals surface area (Å²) in [6, 6.07) is 0. The Kier molecular flexibility index (Phi) is 4.97. The van der Waals surface area contributed by atoms with Crippen molar-refractivity contribution in [2.75, 3.05) is 6.54 Å². The number of nitrogens with one attached hydrogen (secondary N) is 1. The van der Waals surface area contributed by atoms with Gasteiger partial charge in [0.1, 0.15) is 6.54 Å². The molecule has 0 spiro atoms. The van der Waals surface area contributed by atoms with Crippen LogP contribution in [0.15, 0.2) is 12.4 Å². The molecule has 1 aromatic heterocycles. The fraction of sp³-hybridized carbons (Fsp3) is 0.556. The molecule has 0 fully saturated rings. The van der Waals surface area contributed by atoms with Crippen molar-refractivity contribution in [2.24, 2.45) is 0 Å². The number of aromatic nitrogens is 3. The fourth-order valence-corrected chi connectivity index (χ4v) is 1.15. The van der Waals surface area contributed by atoms with Crippen molar-refractivity contribution >= 4 is 11.9 Å². The average molecular weight is 226 g/mol. The van der Waals surface area contributed by atoms with E-state index in [0.29, 0.717) is 19.4 Å². The summed E-state index contributed by atoms with van der Waals surface area (Å²) in [6.07, 6.45) is 4.47. The zero-order valence-corrected chi connectivity index (χ0v) is 8.80. The first-order valence-corrected chi connectivity index (χ1v) is 5.01. The predicted octanol–water partition coefficient (Wildman–Crippen LogP) is -0.351. The predicted molar refractivity (Wildman–Crippen MR) is 54.5 cm³/mol. The first-order chi connectivity index (χ1) is 7.68. The Hall–Kier alpha value is -1.92. The molecular weight excluding hydrogens is 212 g/mol. The molecule has 7 nitrogen and oxygen atoms in total. The van der Waals surface area contributed by atoms with Crippen molar-refractivity contribution in [3.05, 3.63) is 12.4 Å². The van der Waals surface area contributed by atoms with Gasteiger partial charge in [0.25, 0.3) is 0 Å². The maximum absolute atomic E-state index is 11.3. The molecule has 0 atom stereocenters. The molecule has 0 bridgehead atoms. The number of unbranched alkanes of at least 4 members (excludes halogenated alkanes) is 1. The third-order valence-corrected chi connectivity index (χ3v) is 1.92. The lowest BCUT2D eigenvalue weighted by atomic mass is 10.2. The van der Waals surface area contributed by atoms with Crippen LogP contribution in [-0.4, -0.2) is 38.5 Å². The van der Waals surface area contributed by atoms with Crippen LogP contribution in [0.4, 0.5) is 0 Å². The second kappa shape index (κ2) is 6.54. The summed E-state index contributed by atoms with van der Waals surface area (Å²) in [5.74, 6) is -0.963. The van der Waals surface area contributed by atoms with Gasteiger partial charge in [-0.05, 0) is 12.8 Å². The molecule has 0 saturated heterocycles. The highest BCUT2D eigenvalue weighted by Gasteiger charge is 2.02. The third kappa shape index (κ3) is 5.08. The smallest absolute Gasteiger partial charge is 0.303 e. The summed E-state index contributed by atoms with van der Waals surface area (Å²) in [4.78, 5) is 21.5. The van der Waals surface area contributed by atoms with Crippen LogP contribution in [0, 0.1) is 0 Å². The number of rotatable bonds is 7. The lowest BCUT2D eigenvalue weighted by Crippen LogP contribution is -2.28. The molecule has 0 aliphatic carbocycles. The topological polar surface area (TPSA) is 97.1 Å². The summed E-state index contributed by atoms with van der Waals surface area (Å²) in [7, 11) is 0. The van der Waals surface area contributed by atoms with Crippen LogP contribution in [0.25, 0.3) is 0 Å². The first kappa shape index (κ1) is 12.2. The molecule has 1 rings (SSSR count). The maximum Gasteiger partial charge on any atom is 0.303 e. The monoisotopic (exact) mass is 226 g/mol. The van der Waals surface area contributed by atoms with Gasteiger partial charge in [-0.3, -0.25) is 9.59 Å². The van der Waals surface area contributed by atoms with Gasteiger partial charge in [0.15, 0.2) is 0 Å². The molecule has 16 heavy (non-hydrogen) atoms. The second-order valence-electron chi connectivity index (χ2n) is 3.30. The minimum Gasteiger partial charge on any atom is -0.481 e. The minimum absolute atomic E-state index is 0.138. The van der Waals surface area contributed by atoms with E-state index in [4.69, 9.17) is 5.11 Å². The Labute approximate surface area is 92.4 Å². The standard InChI is InChI=1S/C9H14N4O3/c14-8(7-13-6-5-11-12-13)10-4-2-1-3-9(15)16/h5-6H,1-4,7H2,(H,10,14)(H,15,16). The molecular formula is C9H14N4O3. The van der Waals surface area contributed by atoms with Gasteiger partial charge >= 0.3 is 5.97 Å². The van der Waals surface area contributed by atoms with Crippen molar-refractivity contribution < 1.29 is 14.7 Å². The minimum atomic E-state index is -0.811. The van der Waals surface area contributed by atoms with E-state index in [0.717, 1.165) is 0 Å². The Bertz CT molecular complexity index is 337. The van der Waals surface area contributed by atoms with Gasteiger partial charge in [0.2, 0.25) is 5.91 Å². The van der Waals surface area contributed by atoms with Crippen LogP contribution in [-0.2, 0) is 16.1 Å². The van der Waals surface area contributed by atoms with E-state index >= 15 is 0 Å². The number of carbonyl (C=O) groups is 2. The van der Waals surface area contributed by atoms with Crippen molar-refractivity contribution in [3.63, 3.8) is 0 Å². The van der Waals surface area contributed by atoms with E-state index in [1.54, 1.807) is 6.20 Å². The largest absolute Gasteiger partial charge is 0.481 e. The quantitative estimate of drug-likeness (QED) is 0.619. The molecule has 88 valence electrons. The van der Waals surface area contributed by atoms with Gasteiger partial charge in [-0.25, -0.2) is 4.68 Å². The molecule has 2 N–H and O–H groups in total. The molecule has 0 aliphatic heterocycles. The van der Waals surface area contributed by atoms with Gasteiger partial charge in [0, 0.05) is 19.2 Å². The normalized spacial score (nSPS) is 10.0. The number of hydrogen-bond acceptors (Lipinski definition) is 4.